The molecular formula is C60H40N2O. The predicted octanol–water partition coefficient (Wildman–Crippen LogP) is 16.8. The molecule has 0 spiro atoms. The van der Waals surface area contributed by atoms with Gasteiger partial charge in [-0.05, 0) is 123 Å². The van der Waals surface area contributed by atoms with Crippen molar-refractivity contribution in [3.8, 4) is 50.2 Å². The molecule has 63 heavy (non-hydrogen) atoms. The maximum Gasteiger partial charge on any atom is 0.136 e. The van der Waals surface area contributed by atoms with E-state index in [0.29, 0.717) is 0 Å². The number of furan rings is 1. The number of nitrogens with zero attached hydrogens (tertiary/aromatic N) is 2. The number of hydrogen-bond donors (Lipinski definition) is 0. The molecule has 3 heteroatoms. The Balaban J connectivity index is 0.978. The first-order valence-electron chi connectivity index (χ1n) is 21.5. The van der Waals surface area contributed by atoms with Crippen LogP contribution in [0.15, 0.2) is 247 Å². The van der Waals surface area contributed by atoms with E-state index >= 15 is 0 Å². The van der Waals surface area contributed by atoms with Crippen molar-refractivity contribution < 1.29 is 4.42 Å². The van der Waals surface area contributed by atoms with E-state index in [4.69, 9.17) is 4.42 Å². The quantitative estimate of drug-likeness (QED) is 0.153. The summed E-state index contributed by atoms with van der Waals surface area (Å²) in [5.74, 6) is 0. The third kappa shape index (κ3) is 6.46. The minimum atomic E-state index is 0.895. The molecule has 0 aliphatic heterocycles. The van der Waals surface area contributed by atoms with E-state index < -0.39 is 0 Å². The van der Waals surface area contributed by atoms with Crippen molar-refractivity contribution in [3.63, 3.8) is 0 Å². The zero-order chi connectivity index (χ0) is 41.7. The Bertz CT molecular complexity index is 3580. The second-order valence-electron chi connectivity index (χ2n) is 16.1. The molecule has 0 bridgehead atoms. The molecular weight excluding hydrogens is 765 g/mol. The highest BCUT2D eigenvalue weighted by atomic mass is 16.3. The van der Waals surface area contributed by atoms with Crippen LogP contribution in [0.3, 0.4) is 0 Å². The summed E-state index contributed by atoms with van der Waals surface area (Å²) in [6.45, 7) is 0. The lowest BCUT2D eigenvalue weighted by Crippen LogP contribution is -2.10. The smallest absolute Gasteiger partial charge is 0.136 e. The zero-order valence-corrected chi connectivity index (χ0v) is 34.4. The third-order valence-corrected chi connectivity index (χ3v) is 12.4. The van der Waals surface area contributed by atoms with Crippen LogP contribution >= 0.6 is 0 Å². The fourth-order valence-electron chi connectivity index (χ4n) is 9.42. The Morgan fingerprint density at radius 2 is 0.810 bits per heavy atom. The highest BCUT2D eigenvalue weighted by molar-refractivity contribution is 6.09. The van der Waals surface area contributed by atoms with Crippen molar-refractivity contribution in [2.24, 2.45) is 0 Å². The summed E-state index contributed by atoms with van der Waals surface area (Å²) in [5, 5.41) is 4.76. The van der Waals surface area contributed by atoms with Gasteiger partial charge in [0.15, 0.2) is 0 Å². The third-order valence-electron chi connectivity index (χ3n) is 12.4. The van der Waals surface area contributed by atoms with Crippen molar-refractivity contribution >= 4 is 60.8 Å². The lowest BCUT2D eigenvalue weighted by molar-refractivity contribution is 0.669. The fraction of sp³-hybridized carbons (Fsp3) is 0. The topological polar surface area (TPSA) is 21.3 Å². The summed E-state index contributed by atoms with van der Waals surface area (Å²) < 4.78 is 8.71. The van der Waals surface area contributed by atoms with E-state index in [0.717, 1.165) is 66.9 Å². The van der Waals surface area contributed by atoms with Gasteiger partial charge < -0.3 is 13.9 Å². The first-order chi connectivity index (χ1) is 31.2. The monoisotopic (exact) mass is 804 g/mol. The van der Waals surface area contributed by atoms with Gasteiger partial charge in [0.05, 0.1) is 11.0 Å². The lowest BCUT2D eigenvalue weighted by Gasteiger charge is -2.27. The number of fused-ring (bicyclic) bond motifs is 6. The standard InChI is InChI=1S/C60H40N2O/c1-2-15-41(16-3-1)43-17-12-18-44(37-43)45-19-13-20-48(38-45)61(49-21-14-22-50(40-49)62-57-28-9-6-25-53(57)54-26-7-10-29-58(54)62)47-34-31-42(32-35-47)51-23-4-5-24-52(51)46-33-36-56-55-27-8-11-30-59(55)63-60(56)39-46/h1-40H. The largest absolute Gasteiger partial charge is 0.456 e. The van der Waals surface area contributed by atoms with Crippen LogP contribution in [0.2, 0.25) is 0 Å². The van der Waals surface area contributed by atoms with Gasteiger partial charge in [-0.2, -0.15) is 0 Å². The van der Waals surface area contributed by atoms with E-state index in [-0.39, 0.29) is 0 Å². The van der Waals surface area contributed by atoms with Crippen molar-refractivity contribution in [2.45, 2.75) is 0 Å². The molecule has 2 aromatic heterocycles. The molecule has 10 aromatic carbocycles. The van der Waals surface area contributed by atoms with Crippen LogP contribution in [0.25, 0.3) is 93.9 Å². The van der Waals surface area contributed by atoms with Crippen LogP contribution in [-0.4, -0.2) is 4.57 Å². The molecule has 296 valence electrons. The van der Waals surface area contributed by atoms with Crippen LogP contribution in [0, 0.1) is 0 Å². The van der Waals surface area contributed by atoms with Gasteiger partial charge in [0.2, 0.25) is 0 Å². The zero-order valence-electron chi connectivity index (χ0n) is 34.4. The normalized spacial score (nSPS) is 11.5. The minimum Gasteiger partial charge on any atom is -0.456 e. The van der Waals surface area contributed by atoms with Gasteiger partial charge in [0.25, 0.3) is 0 Å². The number of hydrogen-bond acceptors (Lipinski definition) is 2. The van der Waals surface area contributed by atoms with E-state index in [2.05, 4.69) is 240 Å². The van der Waals surface area contributed by atoms with Gasteiger partial charge in [0.1, 0.15) is 11.2 Å². The Morgan fingerprint density at radius 3 is 1.56 bits per heavy atom. The molecule has 0 saturated heterocycles. The highest BCUT2D eigenvalue weighted by Crippen LogP contribution is 2.42. The summed E-state index contributed by atoms with van der Waals surface area (Å²) in [6, 6.07) is 87.2. The average Bonchev–Trinajstić information content (AvgIpc) is 3.90. The average molecular weight is 805 g/mol. The molecule has 2 heterocycles. The summed E-state index contributed by atoms with van der Waals surface area (Å²) in [5.41, 5.74) is 17.8. The van der Waals surface area contributed by atoms with Crippen molar-refractivity contribution in [1.29, 1.82) is 0 Å². The van der Waals surface area contributed by atoms with Crippen LogP contribution in [0.1, 0.15) is 0 Å². The maximum absolute atomic E-state index is 6.32. The molecule has 0 fully saturated rings. The van der Waals surface area contributed by atoms with Gasteiger partial charge in [-0.15, -0.1) is 0 Å². The molecule has 3 nitrogen and oxygen atoms in total. The predicted molar refractivity (Wildman–Crippen MR) is 264 cm³/mol. The number of benzene rings is 10. The summed E-state index contributed by atoms with van der Waals surface area (Å²) in [4.78, 5) is 2.38. The molecule has 0 aliphatic carbocycles. The SMILES string of the molecule is c1ccc(-c2cccc(-c3cccc(N(c4ccc(-c5ccccc5-c5ccc6c(c5)oc5ccccc56)cc4)c4cccc(-n5c6ccccc6c6ccccc65)c4)c3)c2)cc1. The van der Waals surface area contributed by atoms with E-state index in [1.807, 2.05) is 12.1 Å². The van der Waals surface area contributed by atoms with Gasteiger partial charge in [0, 0.05) is 44.3 Å². The lowest BCUT2D eigenvalue weighted by atomic mass is 9.94. The van der Waals surface area contributed by atoms with Crippen LogP contribution in [0.4, 0.5) is 17.1 Å². The van der Waals surface area contributed by atoms with Gasteiger partial charge >= 0.3 is 0 Å². The van der Waals surface area contributed by atoms with Crippen molar-refractivity contribution in [1.82, 2.24) is 4.57 Å². The molecule has 0 aliphatic rings. The Kier molecular flexibility index (Phi) is 8.83. The van der Waals surface area contributed by atoms with E-state index in [9.17, 15) is 0 Å². The number of para-hydroxylation sites is 3. The molecule has 0 saturated carbocycles. The summed E-state index contributed by atoms with van der Waals surface area (Å²) in [7, 11) is 0. The Hall–Kier alpha value is -8.40. The minimum absolute atomic E-state index is 0.895. The molecule has 12 aromatic rings. The Morgan fingerprint density at radius 1 is 0.286 bits per heavy atom. The second-order valence-corrected chi connectivity index (χ2v) is 16.1. The summed E-state index contributed by atoms with van der Waals surface area (Å²) >= 11 is 0. The van der Waals surface area contributed by atoms with Gasteiger partial charge in [-0.3, -0.25) is 0 Å². The number of aromatic nitrogens is 1. The van der Waals surface area contributed by atoms with E-state index in [1.165, 1.54) is 44.1 Å². The van der Waals surface area contributed by atoms with Crippen LogP contribution in [0.5, 0.6) is 0 Å². The first kappa shape index (κ1) is 36.5. The molecule has 12 rings (SSSR count). The van der Waals surface area contributed by atoms with Crippen LogP contribution in [-0.2, 0) is 0 Å². The molecule has 0 N–H and O–H groups in total. The van der Waals surface area contributed by atoms with Gasteiger partial charge in [-0.1, -0.05) is 164 Å². The van der Waals surface area contributed by atoms with Crippen molar-refractivity contribution in [2.75, 3.05) is 4.90 Å². The highest BCUT2D eigenvalue weighted by Gasteiger charge is 2.18. The summed E-state index contributed by atoms with van der Waals surface area (Å²) in [6.07, 6.45) is 0. The maximum atomic E-state index is 6.32. The Labute approximate surface area is 366 Å². The molecule has 0 radical (unpaired) electrons. The first-order valence-corrected chi connectivity index (χ1v) is 21.5. The molecule has 0 amide bonds. The second kappa shape index (κ2) is 15.3. The number of rotatable bonds is 8. The van der Waals surface area contributed by atoms with E-state index in [1.54, 1.807) is 0 Å². The fourth-order valence-corrected chi connectivity index (χ4v) is 9.42. The number of anilines is 3. The molecule has 0 unspecified atom stereocenters. The van der Waals surface area contributed by atoms with Gasteiger partial charge in [-0.25, -0.2) is 0 Å². The van der Waals surface area contributed by atoms with Crippen molar-refractivity contribution in [3.05, 3.63) is 243 Å². The molecule has 0 atom stereocenters. The van der Waals surface area contributed by atoms with Crippen LogP contribution < -0.4 is 4.90 Å².